The molecule has 24 heavy (non-hydrogen) atoms. The number of pyridine rings is 1. The first kappa shape index (κ1) is 14.9. The minimum absolute atomic E-state index is 0.0901. The van der Waals surface area contributed by atoms with Gasteiger partial charge in [0, 0.05) is 25.5 Å². The van der Waals surface area contributed by atoms with Crippen molar-refractivity contribution in [3.63, 3.8) is 0 Å². The largest absolute Gasteiger partial charge is 0.481 e. The smallest absolute Gasteiger partial charge is 0.310 e. The molecule has 0 bridgehead atoms. The van der Waals surface area contributed by atoms with Crippen molar-refractivity contribution in [1.29, 1.82) is 0 Å². The van der Waals surface area contributed by atoms with E-state index in [0.29, 0.717) is 23.6 Å². The highest BCUT2D eigenvalue weighted by Crippen LogP contribution is 2.63. The molecule has 2 aliphatic rings. The number of hydrogen-bond donors (Lipinski definition) is 2. The van der Waals surface area contributed by atoms with Crippen LogP contribution in [0.5, 0.6) is 0 Å². The first-order valence-corrected chi connectivity index (χ1v) is 7.98. The molecule has 2 aliphatic carbocycles. The Morgan fingerprint density at radius 2 is 2.21 bits per heavy atom. The van der Waals surface area contributed by atoms with Crippen LogP contribution in [-0.2, 0) is 11.8 Å². The number of aliphatic carboxylic acids is 1. The molecule has 0 saturated heterocycles. The SMILES string of the molecule is Cn1cc(C(=O)N[C@@H]2C[C@H]3C[C@@]3(C(=O)O)C2)nc1-c1ccccn1. The molecule has 4 rings (SSSR count). The number of rotatable bonds is 4. The third kappa shape index (κ3) is 2.28. The van der Waals surface area contributed by atoms with Crippen LogP contribution in [-0.4, -0.2) is 37.6 Å². The second-order valence-electron chi connectivity index (χ2n) is 6.75. The fraction of sp³-hybridized carbons (Fsp3) is 0.412. The Morgan fingerprint density at radius 1 is 1.38 bits per heavy atom. The molecule has 2 saturated carbocycles. The molecule has 2 heterocycles. The lowest BCUT2D eigenvalue weighted by Crippen LogP contribution is -2.35. The number of nitrogens with one attached hydrogen (secondary N) is 1. The molecule has 2 aromatic heterocycles. The molecular weight excluding hydrogens is 308 g/mol. The van der Waals surface area contributed by atoms with Crippen LogP contribution < -0.4 is 5.32 Å². The first-order chi connectivity index (χ1) is 11.5. The van der Waals surface area contributed by atoms with Gasteiger partial charge in [-0.3, -0.25) is 14.6 Å². The van der Waals surface area contributed by atoms with E-state index >= 15 is 0 Å². The molecular formula is C17H18N4O3. The second kappa shape index (κ2) is 5.15. The van der Waals surface area contributed by atoms with Gasteiger partial charge < -0.3 is 15.0 Å². The van der Waals surface area contributed by atoms with Crippen molar-refractivity contribution in [2.24, 2.45) is 18.4 Å². The molecule has 2 N–H and O–H groups in total. The highest BCUT2D eigenvalue weighted by atomic mass is 16.4. The number of hydrogen-bond acceptors (Lipinski definition) is 4. The summed E-state index contributed by atoms with van der Waals surface area (Å²) >= 11 is 0. The number of carboxylic acid groups (broad SMARTS) is 1. The van der Waals surface area contributed by atoms with Crippen LogP contribution in [0.2, 0.25) is 0 Å². The summed E-state index contributed by atoms with van der Waals surface area (Å²) in [5, 5.41) is 12.2. The van der Waals surface area contributed by atoms with Crippen molar-refractivity contribution >= 4 is 11.9 Å². The number of aromatic nitrogens is 3. The topological polar surface area (TPSA) is 97.1 Å². The summed E-state index contributed by atoms with van der Waals surface area (Å²) in [6.45, 7) is 0. The maximum Gasteiger partial charge on any atom is 0.310 e. The van der Waals surface area contributed by atoms with Gasteiger partial charge >= 0.3 is 5.97 Å². The third-order valence-corrected chi connectivity index (χ3v) is 5.18. The van der Waals surface area contributed by atoms with E-state index in [1.165, 1.54) is 0 Å². The van der Waals surface area contributed by atoms with Gasteiger partial charge in [-0.25, -0.2) is 4.98 Å². The van der Waals surface area contributed by atoms with Crippen LogP contribution >= 0.6 is 0 Å². The lowest BCUT2D eigenvalue weighted by Gasteiger charge is -2.15. The van der Waals surface area contributed by atoms with Crippen molar-refractivity contribution in [2.45, 2.75) is 25.3 Å². The lowest BCUT2D eigenvalue weighted by molar-refractivity contribution is -0.143. The van der Waals surface area contributed by atoms with Crippen LogP contribution in [0, 0.1) is 11.3 Å². The Hall–Kier alpha value is -2.70. The Bertz CT molecular complexity index is 816. The van der Waals surface area contributed by atoms with Crippen LogP contribution in [0.25, 0.3) is 11.5 Å². The van der Waals surface area contributed by atoms with Crippen LogP contribution in [0.3, 0.4) is 0 Å². The molecule has 3 atom stereocenters. The fourth-order valence-corrected chi connectivity index (χ4v) is 3.83. The minimum Gasteiger partial charge on any atom is -0.481 e. The quantitative estimate of drug-likeness (QED) is 0.886. The number of carboxylic acids is 1. The Labute approximate surface area is 138 Å². The summed E-state index contributed by atoms with van der Waals surface area (Å²) in [4.78, 5) is 32.4. The normalized spacial score (nSPS) is 27.5. The third-order valence-electron chi connectivity index (χ3n) is 5.18. The van der Waals surface area contributed by atoms with E-state index in [-0.39, 0.29) is 17.9 Å². The lowest BCUT2D eigenvalue weighted by atomic mass is 10.0. The number of carbonyl (C=O) groups excluding carboxylic acids is 1. The summed E-state index contributed by atoms with van der Waals surface area (Å²) in [5.74, 6) is -0.177. The predicted molar refractivity (Wildman–Crippen MR) is 85.1 cm³/mol. The molecule has 2 fully saturated rings. The predicted octanol–water partition coefficient (Wildman–Crippen LogP) is 1.47. The number of aryl methyl sites for hydroxylation is 1. The number of nitrogens with zero attached hydrogens (tertiary/aromatic N) is 3. The molecule has 0 radical (unpaired) electrons. The number of amides is 1. The summed E-state index contributed by atoms with van der Waals surface area (Å²) < 4.78 is 1.77. The zero-order chi connectivity index (χ0) is 16.9. The van der Waals surface area contributed by atoms with Crippen LogP contribution in [0.15, 0.2) is 30.6 Å². The van der Waals surface area contributed by atoms with Gasteiger partial charge in [0.15, 0.2) is 5.82 Å². The summed E-state index contributed by atoms with van der Waals surface area (Å²) in [5.41, 5.74) is 0.426. The number of fused-ring (bicyclic) bond motifs is 1. The molecule has 0 spiro atoms. The monoisotopic (exact) mass is 326 g/mol. The summed E-state index contributed by atoms with van der Waals surface area (Å²) in [6, 6.07) is 5.44. The highest BCUT2D eigenvalue weighted by molar-refractivity contribution is 5.93. The van der Waals surface area contributed by atoms with Gasteiger partial charge in [-0.05, 0) is 37.3 Å². The van der Waals surface area contributed by atoms with E-state index in [0.717, 1.165) is 12.8 Å². The first-order valence-electron chi connectivity index (χ1n) is 7.98. The summed E-state index contributed by atoms with van der Waals surface area (Å²) in [7, 11) is 1.82. The van der Waals surface area contributed by atoms with Gasteiger partial charge in [0.2, 0.25) is 0 Å². The van der Waals surface area contributed by atoms with Crippen molar-refractivity contribution in [2.75, 3.05) is 0 Å². The molecule has 0 aliphatic heterocycles. The van der Waals surface area contributed by atoms with E-state index in [1.54, 1.807) is 17.0 Å². The van der Waals surface area contributed by atoms with Gasteiger partial charge in [0.25, 0.3) is 5.91 Å². The average Bonchev–Trinajstić information content (AvgIpc) is 2.94. The van der Waals surface area contributed by atoms with E-state index in [4.69, 9.17) is 0 Å². The minimum atomic E-state index is -0.737. The second-order valence-corrected chi connectivity index (χ2v) is 6.75. The van der Waals surface area contributed by atoms with Crippen LogP contribution in [0.4, 0.5) is 0 Å². The van der Waals surface area contributed by atoms with Crippen molar-refractivity contribution < 1.29 is 14.7 Å². The summed E-state index contributed by atoms with van der Waals surface area (Å²) in [6.07, 6.45) is 5.33. The molecule has 1 amide bonds. The molecule has 124 valence electrons. The Kier molecular flexibility index (Phi) is 3.19. The highest BCUT2D eigenvalue weighted by Gasteiger charge is 2.65. The van der Waals surface area contributed by atoms with Crippen molar-refractivity contribution in [3.05, 3.63) is 36.3 Å². The molecule has 2 aromatic rings. The van der Waals surface area contributed by atoms with E-state index in [9.17, 15) is 14.7 Å². The van der Waals surface area contributed by atoms with E-state index < -0.39 is 11.4 Å². The fourth-order valence-electron chi connectivity index (χ4n) is 3.83. The zero-order valence-corrected chi connectivity index (χ0v) is 13.3. The number of carbonyl (C=O) groups is 2. The Balaban J connectivity index is 1.47. The van der Waals surface area contributed by atoms with Crippen molar-refractivity contribution in [1.82, 2.24) is 19.9 Å². The van der Waals surface area contributed by atoms with Gasteiger partial charge in [-0.1, -0.05) is 6.07 Å². The van der Waals surface area contributed by atoms with Gasteiger partial charge in [-0.15, -0.1) is 0 Å². The van der Waals surface area contributed by atoms with Crippen molar-refractivity contribution in [3.8, 4) is 11.5 Å². The number of imidazole rings is 1. The maximum absolute atomic E-state index is 12.4. The Morgan fingerprint density at radius 3 is 2.88 bits per heavy atom. The molecule has 0 unspecified atom stereocenters. The zero-order valence-electron chi connectivity index (χ0n) is 13.3. The maximum atomic E-state index is 12.4. The van der Waals surface area contributed by atoms with Gasteiger partial charge in [-0.2, -0.15) is 0 Å². The molecule has 7 heteroatoms. The standard InChI is InChI=1S/C17H18N4O3/c1-21-9-13(20-14(21)12-4-2-3-5-18-12)15(22)19-11-6-10-7-17(10,8-11)16(23)24/h2-5,9-11H,6-8H2,1H3,(H,19,22)(H,23,24)/t10-,11+,17+/m0/s1. The van der Waals surface area contributed by atoms with E-state index in [1.807, 2.05) is 25.2 Å². The van der Waals surface area contributed by atoms with Crippen LogP contribution in [0.1, 0.15) is 29.8 Å². The van der Waals surface area contributed by atoms with E-state index in [2.05, 4.69) is 15.3 Å². The molecule has 7 nitrogen and oxygen atoms in total. The average molecular weight is 326 g/mol. The van der Waals surface area contributed by atoms with Gasteiger partial charge in [0.1, 0.15) is 11.4 Å². The molecule has 0 aromatic carbocycles. The van der Waals surface area contributed by atoms with Gasteiger partial charge in [0.05, 0.1) is 5.41 Å².